The molecule has 7 heteroatoms. The minimum atomic E-state index is -0.262. The number of aromatic nitrogens is 1. The van der Waals surface area contributed by atoms with Crippen LogP contribution in [0.4, 0.5) is 0 Å². The third kappa shape index (κ3) is 4.29. The molecule has 0 saturated carbocycles. The van der Waals surface area contributed by atoms with Gasteiger partial charge in [-0.3, -0.25) is 4.79 Å². The lowest BCUT2D eigenvalue weighted by Gasteiger charge is -2.07. The number of rotatable bonds is 6. The number of amides is 1. The quantitative estimate of drug-likeness (QED) is 0.632. The number of ether oxygens (including phenoxy) is 1. The first-order chi connectivity index (χ1) is 10.6. The van der Waals surface area contributed by atoms with Gasteiger partial charge in [0, 0.05) is 10.9 Å². The van der Waals surface area contributed by atoms with E-state index < -0.39 is 0 Å². The number of aromatic hydroxyl groups is 1. The highest BCUT2D eigenvalue weighted by molar-refractivity contribution is 7.09. The minimum Gasteiger partial charge on any atom is -0.504 e. The molecule has 116 valence electrons. The molecule has 0 saturated heterocycles. The average Bonchev–Trinajstić information content (AvgIpc) is 2.88. The van der Waals surface area contributed by atoms with Crippen molar-refractivity contribution >= 4 is 23.5 Å². The summed E-state index contributed by atoms with van der Waals surface area (Å²) in [4.78, 5) is 15.9. The summed E-state index contributed by atoms with van der Waals surface area (Å²) >= 11 is 1.50. The van der Waals surface area contributed by atoms with E-state index in [1.54, 1.807) is 18.2 Å². The first-order valence-corrected chi connectivity index (χ1v) is 7.65. The predicted octanol–water partition coefficient (Wildman–Crippen LogP) is 2.25. The number of thiazole rings is 1. The van der Waals surface area contributed by atoms with Crippen LogP contribution in [0.15, 0.2) is 28.7 Å². The van der Waals surface area contributed by atoms with Gasteiger partial charge in [-0.2, -0.15) is 5.10 Å². The smallest absolute Gasteiger partial charge is 0.246 e. The molecule has 0 aliphatic carbocycles. The zero-order valence-electron chi connectivity index (χ0n) is 12.4. The number of phenols is 1. The molecule has 0 atom stereocenters. The summed E-state index contributed by atoms with van der Waals surface area (Å²) in [5.41, 5.74) is 3.60. The molecule has 1 amide bonds. The molecule has 2 aromatic rings. The number of carbonyl (C=O) groups excluding carboxylic acids is 1. The Kier molecular flexibility index (Phi) is 5.48. The lowest BCUT2D eigenvalue weighted by molar-refractivity contribution is -0.120. The Hall–Kier alpha value is -2.41. The van der Waals surface area contributed by atoms with Gasteiger partial charge in [0.2, 0.25) is 5.91 Å². The van der Waals surface area contributed by atoms with Crippen molar-refractivity contribution in [1.82, 2.24) is 10.4 Å². The van der Waals surface area contributed by atoms with Gasteiger partial charge in [0.25, 0.3) is 0 Å². The first-order valence-electron chi connectivity index (χ1n) is 6.77. The molecule has 0 spiro atoms. The number of benzene rings is 1. The number of hydrazone groups is 1. The fourth-order valence-corrected chi connectivity index (χ4v) is 2.40. The summed E-state index contributed by atoms with van der Waals surface area (Å²) in [6.45, 7) is 4.18. The zero-order valence-corrected chi connectivity index (χ0v) is 13.2. The Labute approximate surface area is 132 Å². The lowest BCUT2D eigenvalue weighted by atomic mass is 10.2. The largest absolute Gasteiger partial charge is 0.504 e. The van der Waals surface area contributed by atoms with Gasteiger partial charge >= 0.3 is 0 Å². The van der Waals surface area contributed by atoms with Crippen molar-refractivity contribution in [2.24, 2.45) is 5.10 Å². The van der Waals surface area contributed by atoms with Crippen molar-refractivity contribution in [3.05, 3.63) is 39.8 Å². The topological polar surface area (TPSA) is 83.8 Å². The molecule has 1 aromatic heterocycles. The van der Waals surface area contributed by atoms with Crippen molar-refractivity contribution < 1.29 is 14.6 Å². The lowest BCUT2D eigenvalue weighted by Crippen LogP contribution is -2.19. The highest BCUT2D eigenvalue weighted by atomic mass is 32.1. The summed E-state index contributed by atoms with van der Waals surface area (Å²) in [6, 6.07) is 5.09. The summed E-state index contributed by atoms with van der Waals surface area (Å²) in [7, 11) is 0. The monoisotopic (exact) mass is 319 g/mol. The fourth-order valence-electron chi connectivity index (χ4n) is 1.78. The second-order valence-corrected chi connectivity index (χ2v) is 5.52. The average molecular weight is 319 g/mol. The third-order valence-corrected chi connectivity index (χ3v) is 3.55. The van der Waals surface area contributed by atoms with Crippen LogP contribution < -0.4 is 10.2 Å². The molecule has 2 rings (SSSR count). The van der Waals surface area contributed by atoms with E-state index in [1.807, 2.05) is 19.2 Å². The molecule has 0 radical (unpaired) electrons. The number of carbonyl (C=O) groups is 1. The predicted molar refractivity (Wildman–Crippen MR) is 85.6 cm³/mol. The molecular weight excluding hydrogens is 302 g/mol. The van der Waals surface area contributed by atoms with E-state index in [9.17, 15) is 9.90 Å². The van der Waals surface area contributed by atoms with Crippen LogP contribution in [0.1, 0.15) is 23.2 Å². The van der Waals surface area contributed by atoms with Gasteiger partial charge in [0.15, 0.2) is 11.5 Å². The van der Waals surface area contributed by atoms with Gasteiger partial charge in [-0.25, -0.2) is 10.4 Å². The van der Waals surface area contributed by atoms with E-state index in [2.05, 4.69) is 15.5 Å². The maximum Gasteiger partial charge on any atom is 0.246 e. The fraction of sp³-hybridized carbons (Fsp3) is 0.267. The summed E-state index contributed by atoms with van der Waals surface area (Å²) in [5.74, 6) is 0.121. The van der Waals surface area contributed by atoms with E-state index in [1.165, 1.54) is 17.6 Å². The van der Waals surface area contributed by atoms with Crippen molar-refractivity contribution in [2.45, 2.75) is 20.3 Å². The van der Waals surface area contributed by atoms with Crippen molar-refractivity contribution in [1.29, 1.82) is 0 Å². The van der Waals surface area contributed by atoms with Crippen LogP contribution in [0.25, 0.3) is 0 Å². The Morgan fingerprint density at radius 1 is 1.55 bits per heavy atom. The number of hydrogen-bond acceptors (Lipinski definition) is 6. The maximum atomic E-state index is 11.7. The Balaban J connectivity index is 1.94. The summed E-state index contributed by atoms with van der Waals surface area (Å²) in [5, 5.41) is 16.6. The van der Waals surface area contributed by atoms with Gasteiger partial charge in [0.1, 0.15) is 0 Å². The molecular formula is C15H17N3O3S. The van der Waals surface area contributed by atoms with Crippen molar-refractivity contribution in [3.8, 4) is 11.5 Å². The number of phenolic OH excluding ortho intramolecular Hbond substituents is 1. The summed E-state index contributed by atoms with van der Waals surface area (Å²) < 4.78 is 5.28. The van der Waals surface area contributed by atoms with Gasteiger partial charge in [-0.15, -0.1) is 11.3 Å². The Bertz CT molecular complexity index is 682. The van der Waals surface area contributed by atoms with Crippen molar-refractivity contribution in [3.63, 3.8) is 0 Å². The molecule has 0 aliphatic heterocycles. The minimum absolute atomic E-state index is 0.00234. The number of para-hydroxylation sites is 1. The maximum absolute atomic E-state index is 11.7. The van der Waals surface area contributed by atoms with Gasteiger partial charge in [-0.1, -0.05) is 6.07 Å². The van der Waals surface area contributed by atoms with Gasteiger partial charge < -0.3 is 9.84 Å². The number of hydrogen-bond donors (Lipinski definition) is 2. The second kappa shape index (κ2) is 7.56. The molecule has 0 bridgehead atoms. The van der Waals surface area contributed by atoms with Crippen LogP contribution in [0, 0.1) is 6.92 Å². The van der Waals surface area contributed by atoms with Crippen LogP contribution in [-0.4, -0.2) is 28.8 Å². The van der Waals surface area contributed by atoms with Crippen LogP contribution in [0.3, 0.4) is 0 Å². The van der Waals surface area contributed by atoms with Crippen LogP contribution in [0.5, 0.6) is 11.5 Å². The van der Waals surface area contributed by atoms with E-state index in [0.717, 1.165) is 10.7 Å². The number of nitrogens with one attached hydrogen (secondary N) is 1. The molecule has 6 nitrogen and oxygen atoms in total. The highest BCUT2D eigenvalue weighted by Gasteiger charge is 2.07. The van der Waals surface area contributed by atoms with E-state index in [-0.39, 0.29) is 18.1 Å². The standard InChI is InChI=1S/C15H17N3O3S/c1-3-21-13-6-4-5-11(15(13)20)8-16-18-14(19)7-12-9-22-10(2)17-12/h4-6,8-9,20H,3,7H2,1-2H3,(H,18,19). The van der Waals surface area contributed by atoms with Crippen LogP contribution in [-0.2, 0) is 11.2 Å². The third-order valence-electron chi connectivity index (χ3n) is 2.73. The van der Waals surface area contributed by atoms with E-state index in [0.29, 0.717) is 17.9 Å². The molecule has 0 unspecified atom stereocenters. The molecule has 22 heavy (non-hydrogen) atoms. The summed E-state index contributed by atoms with van der Waals surface area (Å²) in [6.07, 6.45) is 1.55. The van der Waals surface area contributed by atoms with E-state index >= 15 is 0 Å². The number of aryl methyl sites for hydroxylation is 1. The van der Waals surface area contributed by atoms with E-state index in [4.69, 9.17) is 4.74 Å². The van der Waals surface area contributed by atoms with Crippen LogP contribution in [0.2, 0.25) is 0 Å². The second-order valence-electron chi connectivity index (χ2n) is 4.45. The Morgan fingerprint density at radius 2 is 2.36 bits per heavy atom. The van der Waals surface area contributed by atoms with Gasteiger partial charge in [0.05, 0.1) is 29.9 Å². The molecule has 0 aliphatic rings. The molecule has 2 N–H and O–H groups in total. The first kappa shape index (κ1) is 16.0. The van der Waals surface area contributed by atoms with Crippen molar-refractivity contribution in [2.75, 3.05) is 6.61 Å². The molecule has 1 heterocycles. The molecule has 0 fully saturated rings. The number of nitrogens with zero attached hydrogens (tertiary/aromatic N) is 2. The Morgan fingerprint density at radius 3 is 3.05 bits per heavy atom. The zero-order chi connectivity index (χ0) is 15.9. The molecule has 1 aromatic carbocycles. The van der Waals surface area contributed by atoms with Gasteiger partial charge in [-0.05, 0) is 26.0 Å². The SMILES string of the molecule is CCOc1cccc(C=NNC(=O)Cc2csc(C)n2)c1O. The normalized spacial score (nSPS) is 10.8. The van der Waals surface area contributed by atoms with Crippen LogP contribution >= 0.6 is 11.3 Å². The highest BCUT2D eigenvalue weighted by Crippen LogP contribution is 2.28.